The Morgan fingerprint density at radius 2 is 1.36 bits per heavy atom. The number of unbranched alkanes of at least 4 members (excludes halogenated alkanes) is 8. The minimum atomic E-state index is -0.271. The largest absolute Gasteiger partial charge is 0.491 e. The van der Waals surface area contributed by atoms with E-state index >= 15 is 0 Å². The highest BCUT2D eigenvalue weighted by atomic mass is 16.7. The molecule has 2 aromatic carbocycles. The Morgan fingerprint density at radius 3 is 2.00 bits per heavy atom. The van der Waals surface area contributed by atoms with Crippen molar-refractivity contribution in [3.05, 3.63) is 66.2 Å². The summed E-state index contributed by atoms with van der Waals surface area (Å²) in [6.45, 7) is 8.12. The van der Waals surface area contributed by atoms with Gasteiger partial charge in [0.25, 0.3) is 0 Å². The molecule has 0 saturated carbocycles. The van der Waals surface area contributed by atoms with Crippen molar-refractivity contribution >= 4 is 0 Å². The normalized spacial score (nSPS) is 19.0. The maximum atomic E-state index is 6.11. The minimum Gasteiger partial charge on any atom is -0.491 e. The van der Waals surface area contributed by atoms with Crippen molar-refractivity contribution in [1.82, 2.24) is 0 Å². The predicted molar refractivity (Wildman–Crippen MR) is 151 cm³/mol. The first kappa shape index (κ1) is 28.5. The van der Waals surface area contributed by atoms with Gasteiger partial charge in [-0.15, -0.1) is 0 Å². The molecule has 2 aromatic rings. The Balaban J connectivity index is 1.40. The lowest BCUT2D eigenvalue weighted by Gasteiger charge is -2.28. The first-order chi connectivity index (χ1) is 17.7. The van der Waals surface area contributed by atoms with Crippen LogP contribution in [-0.4, -0.2) is 19.3 Å². The Bertz CT molecular complexity index is 848. The van der Waals surface area contributed by atoms with Gasteiger partial charge in [-0.2, -0.15) is 0 Å². The fraction of sp³-hybridized carbons (Fsp3) is 0.576. The molecule has 36 heavy (non-hydrogen) atoms. The van der Waals surface area contributed by atoms with Gasteiger partial charge in [0.05, 0.1) is 19.3 Å². The fourth-order valence-corrected chi connectivity index (χ4v) is 4.68. The third-order valence-corrected chi connectivity index (χ3v) is 6.98. The van der Waals surface area contributed by atoms with E-state index in [2.05, 4.69) is 81.5 Å². The highest BCUT2D eigenvalue weighted by Gasteiger charge is 2.22. The molecule has 0 amide bonds. The summed E-state index contributed by atoms with van der Waals surface area (Å²) in [7, 11) is 0. The third kappa shape index (κ3) is 10.1. The summed E-state index contributed by atoms with van der Waals surface area (Å²) >= 11 is 0. The van der Waals surface area contributed by atoms with E-state index in [1.165, 1.54) is 68.9 Å². The van der Waals surface area contributed by atoms with Gasteiger partial charge in [-0.3, -0.25) is 0 Å². The molecule has 3 rings (SSSR count). The van der Waals surface area contributed by atoms with Crippen LogP contribution in [0.25, 0.3) is 11.1 Å². The molecular weight excluding hydrogens is 444 g/mol. The second-order valence-electron chi connectivity index (χ2n) is 10.3. The number of rotatable bonds is 16. The highest BCUT2D eigenvalue weighted by molar-refractivity contribution is 5.64. The van der Waals surface area contributed by atoms with Crippen molar-refractivity contribution < 1.29 is 14.2 Å². The Kier molecular flexibility index (Phi) is 13.1. The van der Waals surface area contributed by atoms with Crippen LogP contribution in [0.1, 0.15) is 103 Å². The van der Waals surface area contributed by atoms with E-state index in [-0.39, 0.29) is 12.4 Å². The third-order valence-electron chi connectivity index (χ3n) is 6.98. The summed E-state index contributed by atoms with van der Waals surface area (Å²) in [6, 6.07) is 17.0. The molecule has 1 fully saturated rings. The van der Waals surface area contributed by atoms with Crippen LogP contribution in [0.5, 0.6) is 5.75 Å². The second kappa shape index (κ2) is 16.6. The van der Waals surface area contributed by atoms with E-state index in [4.69, 9.17) is 14.2 Å². The zero-order chi connectivity index (χ0) is 25.4. The molecule has 0 bridgehead atoms. The second-order valence-corrected chi connectivity index (χ2v) is 10.3. The molecule has 1 atom stereocenters. The molecule has 0 spiro atoms. The summed E-state index contributed by atoms with van der Waals surface area (Å²) in [6.07, 6.45) is 18.6. The molecule has 0 aromatic heterocycles. The van der Waals surface area contributed by atoms with E-state index in [9.17, 15) is 0 Å². The average Bonchev–Trinajstić information content (AvgIpc) is 2.91. The molecule has 0 N–H and O–H groups in total. The van der Waals surface area contributed by atoms with Gasteiger partial charge in [0, 0.05) is 11.5 Å². The van der Waals surface area contributed by atoms with Crippen molar-refractivity contribution in [2.45, 2.75) is 104 Å². The van der Waals surface area contributed by atoms with Gasteiger partial charge < -0.3 is 14.2 Å². The number of hydrogen-bond acceptors (Lipinski definition) is 3. The predicted octanol–water partition coefficient (Wildman–Crippen LogP) is 9.67. The summed E-state index contributed by atoms with van der Waals surface area (Å²) in [5.74, 6) is 1.30. The van der Waals surface area contributed by atoms with Crippen LogP contribution in [0.3, 0.4) is 0 Å². The van der Waals surface area contributed by atoms with Crippen LogP contribution in [-0.2, 0) is 9.47 Å². The SMILES string of the molecule is CCCCCCC/C=C/C1COC(c2ccc(-c3ccc(OC(C)CCCCCC)cc3)cc2)OC1. The highest BCUT2D eigenvalue weighted by Crippen LogP contribution is 2.29. The number of benzene rings is 2. The lowest BCUT2D eigenvalue weighted by molar-refractivity contribution is -0.197. The summed E-state index contributed by atoms with van der Waals surface area (Å²) < 4.78 is 18.2. The topological polar surface area (TPSA) is 27.7 Å². The molecule has 1 unspecified atom stereocenters. The average molecular weight is 493 g/mol. The van der Waals surface area contributed by atoms with Crippen LogP contribution < -0.4 is 4.74 Å². The standard InChI is InChI=1S/C33H48O3/c1-4-6-8-10-11-12-14-16-28-25-34-33(35-26-28)31-19-17-29(18-20-31)30-21-23-32(24-22-30)36-27(3)15-13-9-7-5-2/h14,16-24,27-28,33H,4-13,15,25-26H2,1-3H3/b16-14+. The maximum Gasteiger partial charge on any atom is 0.183 e. The molecule has 1 aliphatic rings. The van der Waals surface area contributed by atoms with E-state index in [1.54, 1.807) is 0 Å². The van der Waals surface area contributed by atoms with E-state index in [0.29, 0.717) is 5.92 Å². The van der Waals surface area contributed by atoms with E-state index in [1.807, 2.05) is 0 Å². The number of hydrogen-bond donors (Lipinski definition) is 0. The molecule has 3 nitrogen and oxygen atoms in total. The lowest BCUT2D eigenvalue weighted by atomic mass is 10.0. The van der Waals surface area contributed by atoms with Crippen molar-refractivity contribution in [1.29, 1.82) is 0 Å². The lowest BCUT2D eigenvalue weighted by Crippen LogP contribution is -2.25. The summed E-state index contributed by atoms with van der Waals surface area (Å²) in [5.41, 5.74) is 3.46. The molecule has 1 heterocycles. The molecule has 1 saturated heterocycles. The Hall–Kier alpha value is -2.10. The monoisotopic (exact) mass is 492 g/mol. The van der Waals surface area contributed by atoms with Crippen molar-refractivity contribution in [3.63, 3.8) is 0 Å². The van der Waals surface area contributed by atoms with Gasteiger partial charge in [0.2, 0.25) is 0 Å². The number of ether oxygens (including phenoxy) is 3. The van der Waals surface area contributed by atoms with Gasteiger partial charge in [-0.25, -0.2) is 0 Å². The summed E-state index contributed by atoms with van der Waals surface area (Å²) in [4.78, 5) is 0. The first-order valence-corrected chi connectivity index (χ1v) is 14.5. The molecule has 3 heteroatoms. The fourth-order valence-electron chi connectivity index (χ4n) is 4.68. The molecular formula is C33H48O3. The molecule has 0 aliphatic carbocycles. The van der Waals surface area contributed by atoms with Crippen molar-refractivity contribution in [3.8, 4) is 16.9 Å². The van der Waals surface area contributed by atoms with Crippen LogP contribution in [0.15, 0.2) is 60.7 Å². The minimum absolute atomic E-state index is 0.258. The van der Waals surface area contributed by atoms with Crippen LogP contribution in [0.2, 0.25) is 0 Å². The smallest absolute Gasteiger partial charge is 0.183 e. The Labute approximate surface area is 220 Å². The summed E-state index contributed by atoms with van der Waals surface area (Å²) in [5, 5.41) is 0. The quantitative estimate of drug-likeness (QED) is 0.172. The molecule has 198 valence electrons. The van der Waals surface area contributed by atoms with Gasteiger partial charge in [0.1, 0.15) is 5.75 Å². The van der Waals surface area contributed by atoms with Crippen molar-refractivity contribution in [2.24, 2.45) is 5.92 Å². The van der Waals surface area contributed by atoms with Crippen LogP contribution in [0, 0.1) is 5.92 Å². The zero-order valence-corrected chi connectivity index (χ0v) is 22.9. The maximum absolute atomic E-state index is 6.11. The van der Waals surface area contributed by atoms with Gasteiger partial charge in [0.15, 0.2) is 6.29 Å². The van der Waals surface area contributed by atoms with Crippen LogP contribution in [0.4, 0.5) is 0 Å². The Morgan fingerprint density at radius 1 is 0.778 bits per heavy atom. The van der Waals surface area contributed by atoms with Gasteiger partial charge in [-0.1, -0.05) is 107 Å². The zero-order valence-electron chi connectivity index (χ0n) is 22.9. The van der Waals surface area contributed by atoms with E-state index in [0.717, 1.165) is 37.4 Å². The number of allylic oxidation sites excluding steroid dienone is 1. The van der Waals surface area contributed by atoms with Gasteiger partial charge >= 0.3 is 0 Å². The van der Waals surface area contributed by atoms with E-state index < -0.39 is 0 Å². The van der Waals surface area contributed by atoms with Crippen molar-refractivity contribution in [2.75, 3.05) is 13.2 Å². The first-order valence-electron chi connectivity index (χ1n) is 14.5. The molecule has 1 aliphatic heterocycles. The molecule has 0 radical (unpaired) electrons. The van der Waals surface area contributed by atoms with Crippen LogP contribution >= 0.6 is 0 Å². The van der Waals surface area contributed by atoms with Gasteiger partial charge in [-0.05, 0) is 55.9 Å².